The first kappa shape index (κ1) is 20.2. The molecule has 0 aromatic heterocycles. The van der Waals surface area contributed by atoms with Crippen LogP contribution in [-0.4, -0.2) is 24.3 Å². The van der Waals surface area contributed by atoms with Crippen LogP contribution >= 0.6 is 11.6 Å². The second-order valence-corrected chi connectivity index (χ2v) is 6.46. The third-order valence-corrected chi connectivity index (χ3v) is 4.08. The topological polar surface area (TPSA) is 65.0 Å². The third kappa shape index (κ3) is 4.73. The normalized spacial score (nSPS) is 10.8. The van der Waals surface area contributed by atoms with Gasteiger partial charge in [0, 0.05) is 22.7 Å². The number of hydrogen-bond acceptors (Lipinski definition) is 5. The Hall–Kier alpha value is -2.14. The lowest BCUT2D eigenvalue weighted by Gasteiger charge is -2.19. The van der Waals surface area contributed by atoms with E-state index in [2.05, 4.69) is 6.92 Å². The molecule has 2 aromatic carbocycles. The monoisotopic (exact) mass is 380 g/mol. The van der Waals surface area contributed by atoms with E-state index in [1.807, 2.05) is 6.92 Å². The Morgan fingerprint density at radius 3 is 2.19 bits per heavy atom. The van der Waals surface area contributed by atoms with Crippen molar-refractivity contribution in [3.8, 4) is 23.0 Å². The van der Waals surface area contributed by atoms with Crippen LogP contribution in [0.1, 0.15) is 46.5 Å². The maximum Gasteiger partial charge on any atom is 0.308 e. The Morgan fingerprint density at radius 1 is 1.00 bits per heavy atom. The molecule has 0 saturated carbocycles. The minimum absolute atomic E-state index is 0.0461. The van der Waals surface area contributed by atoms with Gasteiger partial charge in [-0.25, -0.2) is 0 Å². The maximum absolute atomic E-state index is 11.7. The van der Waals surface area contributed by atoms with Gasteiger partial charge in [0.2, 0.25) is 11.5 Å². The van der Waals surface area contributed by atoms with Crippen LogP contribution in [-0.2, 0) is 4.79 Å². The molecule has 0 saturated heterocycles. The van der Waals surface area contributed by atoms with Gasteiger partial charge in [-0.05, 0) is 31.0 Å². The summed E-state index contributed by atoms with van der Waals surface area (Å²) in [6.07, 6.45) is 3.55. The summed E-state index contributed by atoms with van der Waals surface area (Å²) in [5.41, 5.74) is 0. The predicted molar refractivity (Wildman–Crippen MR) is 103 cm³/mol. The number of rotatable bonds is 9. The molecule has 0 amide bonds. The summed E-state index contributed by atoms with van der Waals surface area (Å²) in [5.74, 6) is 0.111. The van der Waals surface area contributed by atoms with Crippen LogP contribution in [0.2, 0.25) is 5.02 Å². The quantitative estimate of drug-likeness (QED) is 0.354. The Bertz CT molecular complexity index is 773. The van der Waals surface area contributed by atoms with Crippen LogP contribution in [0.25, 0.3) is 10.8 Å². The molecule has 0 aliphatic heterocycles. The second kappa shape index (κ2) is 9.53. The summed E-state index contributed by atoms with van der Waals surface area (Å²) in [5, 5.41) is 12.2. The van der Waals surface area contributed by atoms with Crippen molar-refractivity contribution in [1.29, 1.82) is 0 Å². The molecule has 0 spiro atoms. The lowest BCUT2D eigenvalue weighted by Crippen LogP contribution is -2.08. The number of unbranched alkanes of at least 4 members (excludes halogenated alkanes) is 2. The van der Waals surface area contributed by atoms with Gasteiger partial charge in [0.25, 0.3) is 0 Å². The van der Waals surface area contributed by atoms with Gasteiger partial charge < -0.3 is 19.3 Å². The van der Waals surface area contributed by atoms with Gasteiger partial charge in [-0.15, -0.1) is 0 Å². The number of carbonyl (C=O) groups is 1. The van der Waals surface area contributed by atoms with E-state index in [9.17, 15) is 9.90 Å². The molecule has 0 unspecified atom stereocenters. The van der Waals surface area contributed by atoms with E-state index < -0.39 is 5.97 Å². The fraction of sp³-hybridized carbons (Fsp3) is 0.450. The van der Waals surface area contributed by atoms with Crippen molar-refractivity contribution >= 4 is 28.3 Å². The first-order valence-corrected chi connectivity index (χ1v) is 9.29. The molecule has 142 valence electrons. The third-order valence-electron chi connectivity index (χ3n) is 3.84. The molecule has 2 rings (SSSR count). The van der Waals surface area contributed by atoms with E-state index in [0.717, 1.165) is 25.7 Å². The van der Waals surface area contributed by atoms with Gasteiger partial charge in [-0.3, -0.25) is 4.79 Å². The Morgan fingerprint density at radius 2 is 1.62 bits per heavy atom. The zero-order valence-electron chi connectivity index (χ0n) is 15.4. The highest BCUT2D eigenvalue weighted by atomic mass is 35.5. The van der Waals surface area contributed by atoms with E-state index in [4.69, 9.17) is 25.8 Å². The molecule has 0 aliphatic rings. The molecule has 0 bridgehead atoms. The maximum atomic E-state index is 11.7. The number of ether oxygens (including phenoxy) is 3. The number of phenols is 1. The van der Waals surface area contributed by atoms with Crippen LogP contribution in [0.4, 0.5) is 0 Å². The predicted octanol–water partition coefficient (Wildman–Crippen LogP) is 5.48. The van der Waals surface area contributed by atoms with Gasteiger partial charge in [-0.1, -0.05) is 38.3 Å². The molecule has 0 heterocycles. The van der Waals surface area contributed by atoms with Gasteiger partial charge in [0.1, 0.15) is 0 Å². The highest BCUT2D eigenvalue weighted by Crippen LogP contribution is 2.51. The lowest BCUT2D eigenvalue weighted by atomic mass is 10.1. The number of esters is 1. The van der Waals surface area contributed by atoms with Crippen LogP contribution < -0.4 is 14.2 Å². The highest BCUT2D eigenvalue weighted by molar-refractivity contribution is 6.31. The Kier molecular flexibility index (Phi) is 7.39. The van der Waals surface area contributed by atoms with Crippen molar-refractivity contribution in [2.45, 2.75) is 46.5 Å². The van der Waals surface area contributed by atoms with Crippen molar-refractivity contribution < 1.29 is 24.1 Å². The highest BCUT2D eigenvalue weighted by Gasteiger charge is 2.24. The van der Waals surface area contributed by atoms with Gasteiger partial charge >= 0.3 is 5.97 Å². The van der Waals surface area contributed by atoms with Crippen LogP contribution in [0, 0.1) is 0 Å². The average Bonchev–Trinajstić information content (AvgIpc) is 2.60. The first-order chi connectivity index (χ1) is 12.5. The van der Waals surface area contributed by atoms with Gasteiger partial charge in [0.15, 0.2) is 11.5 Å². The summed E-state index contributed by atoms with van der Waals surface area (Å²) in [6.45, 7) is 6.26. The molecular weight excluding hydrogens is 356 g/mol. The average molecular weight is 381 g/mol. The van der Waals surface area contributed by atoms with Crippen LogP contribution in [0.5, 0.6) is 23.0 Å². The molecule has 0 atom stereocenters. The number of halogens is 1. The smallest absolute Gasteiger partial charge is 0.308 e. The van der Waals surface area contributed by atoms with Gasteiger partial charge in [-0.2, -0.15) is 0 Å². The van der Waals surface area contributed by atoms with E-state index in [0.29, 0.717) is 29.0 Å². The number of benzene rings is 2. The lowest BCUT2D eigenvalue weighted by molar-refractivity contribution is -0.131. The summed E-state index contributed by atoms with van der Waals surface area (Å²) in [4.78, 5) is 11.7. The molecule has 2 aromatic rings. The van der Waals surface area contributed by atoms with Crippen molar-refractivity contribution in [2.75, 3.05) is 13.2 Å². The minimum atomic E-state index is -0.489. The van der Waals surface area contributed by atoms with Crippen LogP contribution in [0.3, 0.4) is 0 Å². The summed E-state index contributed by atoms with van der Waals surface area (Å²) < 4.78 is 17.1. The van der Waals surface area contributed by atoms with Gasteiger partial charge in [0.05, 0.1) is 13.2 Å². The molecule has 26 heavy (non-hydrogen) atoms. The Balaban J connectivity index is 2.66. The molecule has 6 heteroatoms. The number of aromatic hydroxyl groups is 1. The molecular formula is C20H25ClO5. The van der Waals surface area contributed by atoms with Crippen molar-refractivity contribution in [1.82, 2.24) is 0 Å². The number of carbonyl (C=O) groups excluding carboxylic acids is 1. The number of fused-ring (bicyclic) bond motifs is 1. The molecule has 1 N–H and O–H groups in total. The fourth-order valence-corrected chi connectivity index (χ4v) is 2.69. The Labute approximate surface area is 158 Å². The van der Waals surface area contributed by atoms with Crippen molar-refractivity contribution in [3.05, 3.63) is 23.2 Å². The second-order valence-electron chi connectivity index (χ2n) is 6.02. The van der Waals surface area contributed by atoms with Crippen LogP contribution in [0.15, 0.2) is 18.2 Å². The standard InChI is InChI=1S/C20H25ClO5/c1-4-6-10-24-19-17(23)15-9-8-14(21)12-16(15)18(26-13(3)22)20(19)25-11-7-5-2/h8-9,12,23H,4-7,10-11H2,1-3H3. The van der Waals surface area contributed by atoms with E-state index >= 15 is 0 Å². The number of hydrogen-bond donors (Lipinski definition) is 1. The minimum Gasteiger partial charge on any atom is -0.504 e. The van der Waals surface area contributed by atoms with E-state index in [-0.39, 0.29) is 23.0 Å². The zero-order valence-corrected chi connectivity index (χ0v) is 16.2. The summed E-state index contributed by atoms with van der Waals surface area (Å²) in [7, 11) is 0. The molecule has 0 fully saturated rings. The largest absolute Gasteiger partial charge is 0.504 e. The zero-order chi connectivity index (χ0) is 19.1. The first-order valence-electron chi connectivity index (χ1n) is 8.91. The van der Waals surface area contributed by atoms with Crippen molar-refractivity contribution in [2.24, 2.45) is 0 Å². The summed E-state index contributed by atoms with van der Waals surface area (Å²) in [6, 6.07) is 4.97. The SMILES string of the molecule is CCCCOc1c(OCCCC)c(OC(C)=O)c2cc(Cl)ccc2c1O. The van der Waals surface area contributed by atoms with E-state index in [1.165, 1.54) is 6.92 Å². The molecule has 0 radical (unpaired) electrons. The molecule has 5 nitrogen and oxygen atoms in total. The van der Waals surface area contributed by atoms with E-state index in [1.54, 1.807) is 18.2 Å². The fourth-order valence-electron chi connectivity index (χ4n) is 2.51. The van der Waals surface area contributed by atoms with Crippen molar-refractivity contribution in [3.63, 3.8) is 0 Å². The molecule has 0 aliphatic carbocycles. The number of phenolic OH excluding ortho intramolecular Hbond substituents is 1. The summed E-state index contributed by atoms with van der Waals surface area (Å²) >= 11 is 6.11.